The van der Waals surface area contributed by atoms with Crippen LogP contribution in [0.15, 0.2) is 4.99 Å². The second-order valence-electron chi connectivity index (χ2n) is 7.30. The molecule has 0 aliphatic rings. The number of rotatable bonds is 7. The molecule has 0 bridgehead atoms. The highest BCUT2D eigenvalue weighted by atomic mass is 16.2. The zero-order valence-corrected chi connectivity index (χ0v) is 16.7. The Bertz CT molecular complexity index is 586. The molecule has 142 valence electrons. The summed E-state index contributed by atoms with van der Waals surface area (Å²) in [6, 6.07) is 0. The first kappa shape index (κ1) is 20.9. The van der Waals surface area contributed by atoms with E-state index >= 15 is 0 Å². The highest BCUT2D eigenvalue weighted by molar-refractivity contribution is 5.86. The molecule has 25 heavy (non-hydrogen) atoms. The number of amides is 1. The molecule has 0 radical (unpaired) electrons. The van der Waals surface area contributed by atoms with Crippen molar-refractivity contribution in [1.29, 1.82) is 0 Å². The molecule has 1 rings (SSSR count). The molecule has 0 spiro atoms. The summed E-state index contributed by atoms with van der Waals surface area (Å²) in [5.74, 6) is 2.30. The molecule has 0 saturated carbocycles. The smallest absolute Gasteiger partial charge is 0.240 e. The van der Waals surface area contributed by atoms with Gasteiger partial charge in [0.15, 0.2) is 11.8 Å². The summed E-state index contributed by atoms with van der Waals surface area (Å²) in [4.78, 5) is 18.6. The minimum absolute atomic E-state index is 0.0329. The van der Waals surface area contributed by atoms with Gasteiger partial charge in [-0.2, -0.15) is 0 Å². The average Bonchev–Trinajstić information content (AvgIpc) is 2.80. The van der Waals surface area contributed by atoms with Crippen LogP contribution in [0.3, 0.4) is 0 Å². The van der Waals surface area contributed by atoms with Crippen LogP contribution in [0.25, 0.3) is 0 Å². The lowest BCUT2D eigenvalue weighted by Gasteiger charge is -2.25. The van der Waals surface area contributed by atoms with E-state index in [-0.39, 0.29) is 18.0 Å². The van der Waals surface area contributed by atoms with Crippen LogP contribution in [0.2, 0.25) is 0 Å². The molecule has 1 aromatic rings. The van der Waals surface area contributed by atoms with Crippen LogP contribution in [0.5, 0.6) is 0 Å². The van der Waals surface area contributed by atoms with Crippen molar-refractivity contribution in [2.45, 2.75) is 59.5 Å². The lowest BCUT2D eigenvalue weighted by atomic mass is 10.1. The summed E-state index contributed by atoms with van der Waals surface area (Å²) in [7, 11) is 3.78. The molecule has 0 fully saturated rings. The Morgan fingerprint density at radius 1 is 1.32 bits per heavy atom. The Hall–Kier alpha value is -2.12. The normalized spacial score (nSPS) is 12.2. The lowest BCUT2D eigenvalue weighted by molar-refractivity contribution is -0.122. The summed E-state index contributed by atoms with van der Waals surface area (Å²) in [5.41, 5.74) is -0.249. The van der Waals surface area contributed by atoms with E-state index in [0.717, 1.165) is 31.0 Å². The Morgan fingerprint density at radius 2 is 2.00 bits per heavy atom. The topological polar surface area (TPSA) is 87.4 Å². The van der Waals surface area contributed by atoms with Gasteiger partial charge in [0.2, 0.25) is 5.91 Å². The standard InChI is InChI=1S/C17H33N7O/c1-8-9-10-18-16(19-11-14-22-21-13(2)24(14)7)23(6)12-15(25)20-17(3,4)5/h8-12H2,1-7H3,(H,18,19)(H,20,25). The summed E-state index contributed by atoms with van der Waals surface area (Å²) in [6.45, 7) is 11.4. The molecule has 1 heterocycles. The van der Waals surface area contributed by atoms with E-state index in [9.17, 15) is 4.79 Å². The van der Waals surface area contributed by atoms with Crippen LogP contribution in [0.1, 0.15) is 52.2 Å². The van der Waals surface area contributed by atoms with Crippen molar-refractivity contribution in [3.8, 4) is 0 Å². The van der Waals surface area contributed by atoms with Crippen molar-refractivity contribution in [2.75, 3.05) is 20.1 Å². The van der Waals surface area contributed by atoms with Gasteiger partial charge in [0.25, 0.3) is 0 Å². The number of nitrogens with zero attached hydrogens (tertiary/aromatic N) is 5. The monoisotopic (exact) mass is 351 g/mol. The van der Waals surface area contributed by atoms with Crippen molar-refractivity contribution >= 4 is 11.9 Å². The maximum Gasteiger partial charge on any atom is 0.240 e. The molecular formula is C17H33N7O. The van der Waals surface area contributed by atoms with E-state index in [0.29, 0.717) is 12.5 Å². The first-order valence-electron chi connectivity index (χ1n) is 8.79. The Labute approximate surface area is 151 Å². The summed E-state index contributed by atoms with van der Waals surface area (Å²) < 4.78 is 1.92. The quantitative estimate of drug-likeness (QED) is 0.438. The van der Waals surface area contributed by atoms with Gasteiger partial charge in [-0.1, -0.05) is 13.3 Å². The third-order valence-corrected chi connectivity index (χ3v) is 3.62. The number of hydrogen-bond donors (Lipinski definition) is 2. The van der Waals surface area contributed by atoms with Crippen molar-refractivity contribution in [3.63, 3.8) is 0 Å². The Balaban J connectivity index is 2.78. The SMILES string of the molecule is CCCCNC(=NCc1nnc(C)n1C)N(C)CC(=O)NC(C)(C)C. The largest absolute Gasteiger partial charge is 0.356 e. The molecule has 2 N–H and O–H groups in total. The third-order valence-electron chi connectivity index (χ3n) is 3.62. The van der Waals surface area contributed by atoms with Gasteiger partial charge >= 0.3 is 0 Å². The number of guanidine groups is 1. The van der Waals surface area contributed by atoms with Crippen molar-refractivity contribution in [1.82, 2.24) is 30.3 Å². The number of hydrogen-bond acceptors (Lipinski definition) is 4. The zero-order valence-electron chi connectivity index (χ0n) is 16.7. The van der Waals surface area contributed by atoms with E-state index in [1.54, 1.807) is 0 Å². The van der Waals surface area contributed by atoms with Gasteiger partial charge < -0.3 is 20.1 Å². The maximum absolute atomic E-state index is 12.2. The summed E-state index contributed by atoms with van der Waals surface area (Å²) >= 11 is 0. The Kier molecular flexibility index (Phi) is 7.86. The fourth-order valence-corrected chi connectivity index (χ4v) is 2.17. The predicted octanol–water partition coefficient (Wildman–Crippen LogP) is 1.22. The minimum Gasteiger partial charge on any atom is -0.356 e. The fourth-order valence-electron chi connectivity index (χ4n) is 2.17. The van der Waals surface area contributed by atoms with Crippen LogP contribution >= 0.6 is 0 Å². The van der Waals surface area contributed by atoms with E-state index < -0.39 is 0 Å². The number of aliphatic imine (C=N–C) groups is 1. The lowest BCUT2D eigenvalue weighted by Crippen LogP contribution is -2.49. The second kappa shape index (κ2) is 9.39. The highest BCUT2D eigenvalue weighted by Crippen LogP contribution is 2.01. The third kappa shape index (κ3) is 7.53. The van der Waals surface area contributed by atoms with Crippen LogP contribution < -0.4 is 10.6 Å². The highest BCUT2D eigenvalue weighted by Gasteiger charge is 2.17. The predicted molar refractivity (Wildman–Crippen MR) is 100 cm³/mol. The first-order chi connectivity index (χ1) is 11.6. The molecule has 8 heteroatoms. The van der Waals surface area contributed by atoms with E-state index in [4.69, 9.17) is 0 Å². The van der Waals surface area contributed by atoms with Crippen molar-refractivity contribution in [2.24, 2.45) is 12.0 Å². The molecule has 0 aliphatic carbocycles. The fraction of sp³-hybridized carbons (Fsp3) is 0.765. The molecule has 0 saturated heterocycles. The van der Waals surface area contributed by atoms with Gasteiger partial charge in [0, 0.05) is 26.2 Å². The summed E-state index contributed by atoms with van der Waals surface area (Å²) in [6.07, 6.45) is 2.14. The minimum atomic E-state index is -0.249. The van der Waals surface area contributed by atoms with Gasteiger partial charge in [-0.15, -0.1) is 10.2 Å². The van der Waals surface area contributed by atoms with Crippen LogP contribution in [-0.4, -0.2) is 57.2 Å². The first-order valence-corrected chi connectivity index (χ1v) is 8.79. The molecule has 1 aromatic heterocycles. The van der Waals surface area contributed by atoms with Gasteiger partial charge in [-0.05, 0) is 34.1 Å². The molecule has 0 aliphatic heterocycles. The van der Waals surface area contributed by atoms with Crippen LogP contribution in [-0.2, 0) is 18.4 Å². The molecule has 0 aromatic carbocycles. The van der Waals surface area contributed by atoms with E-state index in [1.165, 1.54) is 0 Å². The maximum atomic E-state index is 12.2. The number of nitrogens with one attached hydrogen (secondary N) is 2. The van der Waals surface area contributed by atoms with E-state index in [2.05, 4.69) is 32.7 Å². The van der Waals surface area contributed by atoms with Crippen LogP contribution in [0, 0.1) is 6.92 Å². The number of aryl methyl sites for hydroxylation is 1. The molecule has 8 nitrogen and oxygen atoms in total. The number of carbonyl (C=O) groups excluding carboxylic acids is 1. The van der Waals surface area contributed by atoms with Crippen molar-refractivity contribution in [3.05, 3.63) is 11.6 Å². The number of likely N-dealkylation sites (N-methyl/N-ethyl adjacent to an activating group) is 1. The van der Waals surface area contributed by atoms with Gasteiger partial charge in [0.1, 0.15) is 12.4 Å². The number of aromatic nitrogens is 3. The van der Waals surface area contributed by atoms with Crippen LogP contribution in [0.4, 0.5) is 0 Å². The average molecular weight is 351 g/mol. The van der Waals surface area contributed by atoms with Gasteiger partial charge in [0.05, 0.1) is 6.54 Å². The molecule has 0 unspecified atom stereocenters. The van der Waals surface area contributed by atoms with Crippen molar-refractivity contribution < 1.29 is 4.79 Å². The molecule has 0 atom stereocenters. The summed E-state index contributed by atoms with van der Waals surface area (Å²) in [5, 5.41) is 14.5. The second-order valence-corrected chi connectivity index (χ2v) is 7.30. The zero-order chi connectivity index (χ0) is 19.0. The van der Waals surface area contributed by atoms with E-state index in [1.807, 2.05) is 51.3 Å². The molecule has 1 amide bonds. The van der Waals surface area contributed by atoms with Gasteiger partial charge in [-0.3, -0.25) is 4.79 Å². The number of carbonyl (C=O) groups is 1. The number of unbranched alkanes of at least 4 members (excludes halogenated alkanes) is 1. The van der Waals surface area contributed by atoms with Gasteiger partial charge in [-0.25, -0.2) is 4.99 Å². The molecular weight excluding hydrogens is 318 g/mol. The Morgan fingerprint density at radius 3 is 2.52 bits per heavy atom.